The third kappa shape index (κ3) is 3.14. The molecule has 0 bridgehead atoms. The fraction of sp³-hybridized carbons (Fsp3) is 0.316. The molecule has 0 saturated carbocycles. The van der Waals surface area contributed by atoms with Crippen molar-refractivity contribution in [1.82, 2.24) is 4.31 Å². The van der Waals surface area contributed by atoms with Crippen LogP contribution in [-0.2, 0) is 10.0 Å². The van der Waals surface area contributed by atoms with Gasteiger partial charge >= 0.3 is 0 Å². The molecule has 2 aromatic rings. The normalized spacial score (nSPS) is 21.8. The van der Waals surface area contributed by atoms with Crippen molar-refractivity contribution in [3.8, 4) is 0 Å². The molecule has 0 aliphatic carbocycles. The van der Waals surface area contributed by atoms with Gasteiger partial charge in [-0.25, -0.2) is 8.42 Å². The summed E-state index contributed by atoms with van der Waals surface area (Å²) in [6, 6.07) is 15.9. The summed E-state index contributed by atoms with van der Waals surface area (Å²) < 4.78 is 27.1. The molecule has 1 heterocycles. The van der Waals surface area contributed by atoms with Crippen molar-refractivity contribution in [2.75, 3.05) is 13.1 Å². The number of sulfonamides is 1. The standard InChI is InChI=1S/C19H21NO3S/c1-14-8-10-17(11-9-14)24(22,23)20-12-15(2)18(13-20)19(21)16-6-4-3-5-7-16/h3-11,15,18H,12-13H2,1-2H3/t15-,18-/m0/s1. The molecule has 0 aromatic heterocycles. The Bertz CT molecular complexity index is 829. The number of benzene rings is 2. The Morgan fingerprint density at radius 1 is 1.00 bits per heavy atom. The number of carbonyl (C=O) groups is 1. The molecule has 2 atom stereocenters. The Morgan fingerprint density at radius 3 is 2.25 bits per heavy atom. The first-order chi connectivity index (χ1) is 11.4. The van der Waals surface area contributed by atoms with E-state index >= 15 is 0 Å². The molecular formula is C19H21NO3S. The molecule has 1 aliphatic rings. The number of nitrogens with zero attached hydrogens (tertiary/aromatic N) is 1. The van der Waals surface area contributed by atoms with Crippen LogP contribution in [0.3, 0.4) is 0 Å². The Labute approximate surface area is 143 Å². The van der Waals surface area contributed by atoms with Crippen molar-refractivity contribution < 1.29 is 13.2 Å². The molecule has 0 spiro atoms. The lowest BCUT2D eigenvalue weighted by molar-refractivity contribution is 0.0906. The molecule has 3 rings (SSSR count). The number of hydrogen-bond donors (Lipinski definition) is 0. The summed E-state index contributed by atoms with van der Waals surface area (Å²) in [6.07, 6.45) is 0. The molecule has 2 aromatic carbocycles. The average Bonchev–Trinajstić information content (AvgIpc) is 2.98. The zero-order chi connectivity index (χ0) is 17.3. The van der Waals surface area contributed by atoms with E-state index in [2.05, 4.69) is 0 Å². The predicted molar refractivity (Wildman–Crippen MR) is 93.4 cm³/mol. The SMILES string of the molecule is Cc1ccc(S(=O)(=O)N2C[C@H](C(=O)c3ccccc3)[C@@H](C)C2)cc1. The van der Waals surface area contributed by atoms with Crippen molar-refractivity contribution >= 4 is 15.8 Å². The molecule has 0 amide bonds. The molecule has 1 saturated heterocycles. The second-order valence-corrected chi connectivity index (χ2v) is 8.39. The van der Waals surface area contributed by atoms with Crippen molar-refractivity contribution in [2.24, 2.45) is 11.8 Å². The third-order valence-electron chi connectivity index (χ3n) is 4.63. The van der Waals surface area contributed by atoms with Gasteiger partial charge in [0.25, 0.3) is 0 Å². The second kappa shape index (κ2) is 6.49. The highest BCUT2D eigenvalue weighted by molar-refractivity contribution is 7.89. The number of aryl methyl sites for hydroxylation is 1. The van der Waals surface area contributed by atoms with Crippen LogP contribution in [0.4, 0.5) is 0 Å². The van der Waals surface area contributed by atoms with E-state index in [4.69, 9.17) is 0 Å². The van der Waals surface area contributed by atoms with Gasteiger partial charge in [0.2, 0.25) is 10.0 Å². The van der Waals surface area contributed by atoms with Crippen LogP contribution in [0, 0.1) is 18.8 Å². The maximum absolute atomic E-state index is 12.8. The monoisotopic (exact) mass is 343 g/mol. The minimum absolute atomic E-state index is 0.00192. The largest absolute Gasteiger partial charge is 0.294 e. The topological polar surface area (TPSA) is 54.5 Å². The van der Waals surface area contributed by atoms with E-state index in [1.54, 1.807) is 36.4 Å². The summed E-state index contributed by atoms with van der Waals surface area (Å²) in [7, 11) is -3.56. The minimum Gasteiger partial charge on any atom is -0.294 e. The maximum Gasteiger partial charge on any atom is 0.243 e. The van der Waals surface area contributed by atoms with Gasteiger partial charge in [0.15, 0.2) is 5.78 Å². The molecular weight excluding hydrogens is 322 g/mol. The number of ketones is 1. The highest BCUT2D eigenvalue weighted by atomic mass is 32.2. The lowest BCUT2D eigenvalue weighted by atomic mass is 9.90. The van der Waals surface area contributed by atoms with Gasteiger partial charge < -0.3 is 0 Å². The first kappa shape index (κ1) is 16.9. The Kier molecular flexibility index (Phi) is 4.56. The summed E-state index contributed by atoms with van der Waals surface area (Å²) in [5.41, 5.74) is 1.66. The van der Waals surface area contributed by atoms with Crippen molar-refractivity contribution in [3.05, 3.63) is 65.7 Å². The van der Waals surface area contributed by atoms with Crippen LogP contribution in [0.25, 0.3) is 0 Å². The lowest BCUT2D eigenvalue weighted by Crippen LogP contribution is -2.30. The zero-order valence-corrected chi connectivity index (χ0v) is 14.7. The van der Waals surface area contributed by atoms with Crippen LogP contribution < -0.4 is 0 Å². The second-order valence-electron chi connectivity index (χ2n) is 6.45. The molecule has 0 N–H and O–H groups in total. The first-order valence-corrected chi connectivity index (χ1v) is 9.49. The highest BCUT2D eigenvalue weighted by Gasteiger charge is 2.40. The summed E-state index contributed by atoms with van der Waals surface area (Å²) >= 11 is 0. The summed E-state index contributed by atoms with van der Waals surface area (Å²) in [6.45, 7) is 4.48. The first-order valence-electron chi connectivity index (χ1n) is 8.05. The molecule has 126 valence electrons. The van der Waals surface area contributed by atoms with E-state index in [0.29, 0.717) is 12.1 Å². The molecule has 0 unspecified atom stereocenters. The average molecular weight is 343 g/mol. The van der Waals surface area contributed by atoms with Crippen LogP contribution in [-0.4, -0.2) is 31.6 Å². The van der Waals surface area contributed by atoms with Gasteiger partial charge in [-0.2, -0.15) is 4.31 Å². The summed E-state index contributed by atoms with van der Waals surface area (Å²) in [5, 5.41) is 0. The van der Waals surface area contributed by atoms with Crippen LogP contribution in [0.1, 0.15) is 22.8 Å². The van der Waals surface area contributed by atoms with E-state index in [1.165, 1.54) is 4.31 Å². The van der Waals surface area contributed by atoms with Crippen LogP contribution in [0.15, 0.2) is 59.5 Å². The van der Waals surface area contributed by atoms with E-state index < -0.39 is 10.0 Å². The van der Waals surface area contributed by atoms with Crippen molar-refractivity contribution in [2.45, 2.75) is 18.7 Å². The predicted octanol–water partition coefficient (Wildman–Crippen LogP) is 3.13. The van der Waals surface area contributed by atoms with Crippen molar-refractivity contribution in [1.29, 1.82) is 0 Å². The fourth-order valence-electron chi connectivity index (χ4n) is 3.14. The van der Waals surface area contributed by atoms with E-state index in [1.807, 2.05) is 32.0 Å². The number of carbonyl (C=O) groups excluding carboxylic acids is 1. The minimum atomic E-state index is -3.56. The van der Waals surface area contributed by atoms with E-state index in [9.17, 15) is 13.2 Å². The maximum atomic E-state index is 12.8. The number of Topliss-reactive ketones (excluding diaryl/α,β-unsaturated/α-hetero) is 1. The Hall–Kier alpha value is -1.98. The summed E-state index contributed by atoms with van der Waals surface area (Å²) in [4.78, 5) is 13.0. The van der Waals surface area contributed by atoms with E-state index in [-0.39, 0.29) is 29.1 Å². The summed E-state index contributed by atoms with van der Waals surface area (Å²) in [5.74, 6) is -0.282. The van der Waals surface area contributed by atoms with Gasteiger partial charge in [-0.3, -0.25) is 4.79 Å². The molecule has 4 nitrogen and oxygen atoms in total. The van der Waals surface area contributed by atoms with Crippen LogP contribution in [0.5, 0.6) is 0 Å². The van der Waals surface area contributed by atoms with Gasteiger partial charge in [0, 0.05) is 24.6 Å². The molecule has 0 radical (unpaired) electrons. The lowest BCUT2D eigenvalue weighted by Gasteiger charge is -2.16. The Morgan fingerprint density at radius 2 is 1.62 bits per heavy atom. The van der Waals surface area contributed by atoms with Gasteiger partial charge in [-0.05, 0) is 25.0 Å². The molecule has 5 heteroatoms. The third-order valence-corrected chi connectivity index (χ3v) is 6.48. The molecule has 1 fully saturated rings. The van der Waals surface area contributed by atoms with Gasteiger partial charge in [0.1, 0.15) is 0 Å². The number of hydrogen-bond acceptors (Lipinski definition) is 3. The van der Waals surface area contributed by atoms with Gasteiger partial charge in [-0.1, -0.05) is 55.0 Å². The van der Waals surface area contributed by atoms with Gasteiger partial charge in [-0.15, -0.1) is 0 Å². The van der Waals surface area contributed by atoms with Crippen LogP contribution >= 0.6 is 0 Å². The molecule has 24 heavy (non-hydrogen) atoms. The van der Waals surface area contributed by atoms with Crippen molar-refractivity contribution in [3.63, 3.8) is 0 Å². The Balaban J connectivity index is 1.83. The fourth-order valence-corrected chi connectivity index (χ4v) is 4.70. The molecule has 1 aliphatic heterocycles. The van der Waals surface area contributed by atoms with E-state index in [0.717, 1.165) is 5.56 Å². The smallest absolute Gasteiger partial charge is 0.243 e. The quantitative estimate of drug-likeness (QED) is 0.802. The van der Waals surface area contributed by atoms with Crippen LogP contribution in [0.2, 0.25) is 0 Å². The highest BCUT2D eigenvalue weighted by Crippen LogP contribution is 2.30. The number of rotatable bonds is 4. The van der Waals surface area contributed by atoms with Gasteiger partial charge in [0.05, 0.1) is 4.90 Å². The zero-order valence-electron chi connectivity index (χ0n) is 13.8.